The van der Waals surface area contributed by atoms with Crippen LogP contribution in [0.2, 0.25) is 0 Å². The average Bonchev–Trinajstić information content (AvgIpc) is 2.93. The van der Waals surface area contributed by atoms with Crippen molar-refractivity contribution in [2.75, 3.05) is 6.54 Å². The molecule has 1 saturated carbocycles. The molecule has 0 aliphatic heterocycles. The van der Waals surface area contributed by atoms with Crippen molar-refractivity contribution in [1.29, 1.82) is 0 Å². The van der Waals surface area contributed by atoms with Crippen LogP contribution in [0.3, 0.4) is 0 Å². The van der Waals surface area contributed by atoms with E-state index in [1.54, 1.807) is 0 Å². The molecule has 0 aromatic heterocycles. The van der Waals surface area contributed by atoms with Gasteiger partial charge in [-0.15, -0.1) is 0 Å². The van der Waals surface area contributed by atoms with Crippen LogP contribution in [0, 0.1) is 5.92 Å². The van der Waals surface area contributed by atoms with Gasteiger partial charge in [0.1, 0.15) is 6.04 Å². The second-order valence-electron chi connectivity index (χ2n) is 4.97. The lowest BCUT2D eigenvalue weighted by molar-refractivity contribution is -0.141. The lowest BCUT2D eigenvalue weighted by Crippen LogP contribution is -2.52. The van der Waals surface area contributed by atoms with Crippen LogP contribution in [0.5, 0.6) is 0 Å². The Hall–Kier alpha value is -1.10. The number of carbonyl (C=O) groups excluding carboxylic acids is 1. The Labute approximate surface area is 95.6 Å². The van der Waals surface area contributed by atoms with Crippen LogP contribution < -0.4 is 10.6 Å². The topological polar surface area (TPSA) is 78.4 Å². The van der Waals surface area contributed by atoms with Gasteiger partial charge in [0.25, 0.3) is 0 Å². The van der Waals surface area contributed by atoms with Gasteiger partial charge in [-0.1, -0.05) is 0 Å². The van der Waals surface area contributed by atoms with Gasteiger partial charge in [-0.3, -0.25) is 4.79 Å². The lowest BCUT2D eigenvalue weighted by Gasteiger charge is -2.28. The van der Waals surface area contributed by atoms with Gasteiger partial charge in [0.05, 0.1) is 0 Å². The summed E-state index contributed by atoms with van der Waals surface area (Å²) in [5.74, 6) is -0.702. The first kappa shape index (κ1) is 13.0. The summed E-state index contributed by atoms with van der Waals surface area (Å²) in [5.41, 5.74) is -0.0494. The number of carboxylic acid groups (broad SMARTS) is 1. The van der Waals surface area contributed by atoms with Crippen LogP contribution in [0.15, 0.2) is 0 Å². The number of amides is 1. The first-order valence-corrected chi connectivity index (χ1v) is 5.58. The van der Waals surface area contributed by atoms with E-state index in [1.807, 2.05) is 0 Å². The van der Waals surface area contributed by atoms with Gasteiger partial charge in [-0.05, 0) is 32.6 Å². The third-order valence-corrected chi connectivity index (χ3v) is 3.04. The SMILES string of the molecule is CC(=O)NC(CNC(C)(C)C1CC1)C(=O)O. The highest BCUT2D eigenvalue weighted by Gasteiger charge is 2.38. The molecule has 5 nitrogen and oxygen atoms in total. The van der Waals surface area contributed by atoms with E-state index in [2.05, 4.69) is 24.5 Å². The summed E-state index contributed by atoms with van der Waals surface area (Å²) in [5, 5.41) is 14.5. The molecule has 16 heavy (non-hydrogen) atoms. The molecule has 1 aliphatic carbocycles. The maximum absolute atomic E-state index is 10.9. The fourth-order valence-corrected chi connectivity index (χ4v) is 1.76. The molecule has 1 fully saturated rings. The zero-order valence-corrected chi connectivity index (χ0v) is 10.0. The average molecular weight is 228 g/mol. The van der Waals surface area contributed by atoms with E-state index in [9.17, 15) is 9.59 Å². The highest BCUT2D eigenvalue weighted by molar-refractivity contribution is 5.82. The maximum atomic E-state index is 10.9. The summed E-state index contributed by atoms with van der Waals surface area (Å²) in [7, 11) is 0. The van der Waals surface area contributed by atoms with Crippen LogP contribution in [-0.4, -0.2) is 35.1 Å². The van der Waals surface area contributed by atoms with Crippen molar-refractivity contribution in [2.24, 2.45) is 5.92 Å². The van der Waals surface area contributed by atoms with E-state index < -0.39 is 12.0 Å². The fraction of sp³-hybridized carbons (Fsp3) is 0.818. The second kappa shape index (κ2) is 4.82. The molecule has 5 heteroatoms. The van der Waals surface area contributed by atoms with Gasteiger partial charge in [0.2, 0.25) is 5.91 Å². The minimum Gasteiger partial charge on any atom is -0.480 e. The summed E-state index contributed by atoms with van der Waals surface area (Å²) in [6.07, 6.45) is 2.38. The molecule has 0 spiro atoms. The summed E-state index contributed by atoms with van der Waals surface area (Å²) >= 11 is 0. The summed E-state index contributed by atoms with van der Waals surface area (Å²) in [6.45, 7) is 5.72. The van der Waals surface area contributed by atoms with E-state index in [1.165, 1.54) is 19.8 Å². The molecular weight excluding hydrogens is 208 g/mol. The molecule has 1 unspecified atom stereocenters. The summed E-state index contributed by atoms with van der Waals surface area (Å²) < 4.78 is 0. The molecule has 0 bridgehead atoms. The Morgan fingerprint density at radius 3 is 2.38 bits per heavy atom. The Morgan fingerprint density at radius 1 is 1.44 bits per heavy atom. The smallest absolute Gasteiger partial charge is 0.327 e. The molecule has 1 amide bonds. The molecule has 1 rings (SSSR count). The summed E-state index contributed by atoms with van der Waals surface area (Å²) in [6, 6.07) is -0.851. The van der Waals surface area contributed by atoms with Gasteiger partial charge in [-0.25, -0.2) is 4.79 Å². The fourth-order valence-electron chi connectivity index (χ4n) is 1.76. The van der Waals surface area contributed by atoms with E-state index in [-0.39, 0.29) is 18.0 Å². The normalized spacial score (nSPS) is 17.9. The highest BCUT2D eigenvalue weighted by atomic mass is 16.4. The van der Waals surface area contributed by atoms with Crippen molar-refractivity contribution in [3.05, 3.63) is 0 Å². The van der Waals surface area contributed by atoms with Crippen LogP contribution in [-0.2, 0) is 9.59 Å². The van der Waals surface area contributed by atoms with E-state index in [0.717, 1.165) is 0 Å². The largest absolute Gasteiger partial charge is 0.480 e. The van der Waals surface area contributed by atoms with Crippen LogP contribution in [0.25, 0.3) is 0 Å². The summed E-state index contributed by atoms with van der Waals surface area (Å²) in [4.78, 5) is 21.7. The van der Waals surface area contributed by atoms with Crippen LogP contribution in [0.4, 0.5) is 0 Å². The Morgan fingerprint density at radius 2 is 2.00 bits per heavy atom. The predicted molar refractivity (Wildman–Crippen MR) is 60.0 cm³/mol. The second-order valence-corrected chi connectivity index (χ2v) is 4.97. The number of rotatable bonds is 6. The molecule has 3 N–H and O–H groups in total. The van der Waals surface area contributed by atoms with E-state index >= 15 is 0 Å². The van der Waals surface area contributed by atoms with Gasteiger partial charge in [0.15, 0.2) is 0 Å². The van der Waals surface area contributed by atoms with Gasteiger partial charge < -0.3 is 15.7 Å². The molecule has 0 radical (unpaired) electrons. The Bertz CT molecular complexity index is 285. The van der Waals surface area contributed by atoms with Crippen molar-refractivity contribution in [1.82, 2.24) is 10.6 Å². The Kier molecular flexibility index (Phi) is 3.91. The number of aliphatic carboxylic acids is 1. The van der Waals surface area contributed by atoms with Crippen LogP contribution >= 0.6 is 0 Å². The minimum absolute atomic E-state index is 0.0494. The molecule has 0 heterocycles. The zero-order chi connectivity index (χ0) is 12.3. The van der Waals surface area contributed by atoms with Gasteiger partial charge in [-0.2, -0.15) is 0 Å². The molecule has 1 aliphatic rings. The zero-order valence-electron chi connectivity index (χ0n) is 10.0. The molecule has 0 saturated heterocycles. The lowest BCUT2D eigenvalue weighted by atomic mass is 9.98. The predicted octanol–water partition coefficient (Wildman–Crippen LogP) is 0.354. The molecule has 92 valence electrons. The number of hydrogen-bond donors (Lipinski definition) is 3. The van der Waals surface area contributed by atoms with Gasteiger partial charge in [0, 0.05) is 19.0 Å². The standard InChI is InChI=1S/C11H20N2O3/c1-7(14)13-9(10(15)16)6-12-11(2,3)8-4-5-8/h8-9,12H,4-6H2,1-3H3,(H,13,14)(H,15,16). The molecule has 0 aromatic carbocycles. The first-order valence-electron chi connectivity index (χ1n) is 5.58. The number of carbonyl (C=O) groups is 2. The van der Waals surface area contributed by atoms with Crippen molar-refractivity contribution in [3.63, 3.8) is 0 Å². The Balaban J connectivity index is 2.42. The molecular formula is C11H20N2O3. The first-order chi connectivity index (χ1) is 7.33. The number of carboxylic acids is 1. The maximum Gasteiger partial charge on any atom is 0.327 e. The third kappa shape index (κ3) is 3.81. The van der Waals surface area contributed by atoms with E-state index in [4.69, 9.17) is 5.11 Å². The third-order valence-electron chi connectivity index (χ3n) is 3.04. The molecule has 0 aromatic rings. The van der Waals surface area contributed by atoms with Crippen LogP contribution in [0.1, 0.15) is 33.6 Å². The van der Waals surface area contributed by atoms with Crippen molar-refractivity contribution < 1.29 is 14.7 Å². The number of nitrogens with one attached hydrogen (secondary N) is 2. The molecule has 1 atom stereocenters. The quantitative estimate of drug-likeness (QED) is 0.613. The minimum atomic E-state index is -1.01. The van der Waals surface area contributed by atoms with Crippen molar-refractivity contribution >= 4 is 11.9 Å². The number of hydrogen-bond acceptors (Lipinski definition) is 3. The highest BCUT2D eigenvalue weighted by Crippen LogP contribution is 2.39. The van der Waals surface area contributed by atoms with Crippen molar-refractivity contribution in [2.45, 2.75) is 45.2 Å². The van der Waals surface area contributed by atoms with Gasteiger partial charge >= 0.3 is 5.97 Å². The van der Waals surface area contributed by atoms with Crippen molar-refractivity contribution in [3.8, 4) is 0 Å². The van der Waals surface area contributed by atoms with E-state index in [0.29, 0.717) is 5.92 Å². The monoisotopic (exact) mass is 228 g/mol.